The largest absolute Gasteiger partial charge is 0.309 e. The first-order valence-electron chi connectivity index (χ1n) is 37.4. The number of para-hydroxylation sites is 3. The van der Waals surface area contributed by atoms with Crippen LogP contribution in [0.3, 0.4) is 0 Å². The number of hydrogen-bond donors (Lipinski definition) is 0. The first-order valence-corrected chi connectivity index (χ1v) is 37.4. The SMILES string of the molecule is Cc1cc(-c2cc(-n3c4ccccc4c4cc(-c5ccc6c(c5)-c5ccccc5C6(C)C)ccc43)nc(-n3c4ccccc4c4cc(-c5ccc6c(c5)-c5ccccc5C6(C)C)ccc43)n2)cc(C)c1-c1c(C)cc(-n2c3ccccc3c3cc(-c4ccc5c(c4)-c4ccccc4C5(C)C)ccc32)cc1C. The summed E-state index contributed by atoms with van der Waals surface area (Å²) in [5, 5.41) is 7.12. The van der Waals surface area contributed by atoms with Crippen LogP contribution in [-0.2, 0) is 16.2 Å². The van der Waals surface area contributed by atoms with Gasteiger partial charge in [0.05, 0.1) is 38.8 Å². The quantitative estimate of drug-likeness (QED) is 0.152. The van der Waals surface area contributed by atoms with Crippen molar-refractivity contribution < 1.29 is 0 Å². The molecule has 0 radical (unpaired) electrons. The number of aryl methyl sites for hydroxylation is 4. The topological polar surface area (TPSA) is 40.6 Å². The highest BCUT2D eigenvalue weighted by atomic mass is 15.2. The van der Waals surface area contributed by atoms with E-state index in [4.69, 9.17) is 9.97 Å². The zero-order chi connectivity index (χ0) is 71.6. The van der Waals surface area contributed by atoms with E-state index in [1.165, 1.54) is 166 Å². The van der Waals surface area contributed by atoms with Gasteiger partial charge in [0.25, 0.3) is 0 Å². The monoisotopic (exact) mass is 1360 g/mol. The average Bonchev–Trinajstić information content (AvgIpc) is 1.55. The number of aromatic nitrogens is 5. The van der Waals surface area contributed by atoms with Gasteiger partial charge in [0.2, 0.25) is 5.95 Å². The predicted molar refractivity (Wildman–Crippen MR) is 444 cm³/mol. The molecular formula is C101H77N5. The minimum Gasteiger partial charge on any atom is -0.309 e. The smallest absolute Gasteiger partial charge is 0.237 e. The van der Waals surface area contributed by atoms with Crippen molar-refractivity contribution in [2.75, 3.05) is 0 Å². The lowest BCUT2D eigenvalue weighted by atomic mass is 9.82. The maximum Gasteiger partial charge on any atom is 0.237 e. The van der Waals surface area contributed by atoms with Gasteiger partial charge in [-0.1, -0.05) is 224 Å². The van der Waals surface area contributed by atoms with Crippen LogP contribution in [0.15, 0.2) is 285 Å². The predicted octanol–water partition coefficient (Wildman–Crippen LogP) is 26.3. The van der Waals surface area contributed by atoms with Gasteiger partial charge in [0.1, 0.15) is 5.82 Å². The van der Waals surface area contributed by atoms with E-state index in [1.807, 2.05) is 0 Å². The molecule has 0 fully saturated rings. The van der Waals surface area contributed by atoms with Gasteiger partial charge >= 0.3 is 0 Å². The Bertz CT molecular complexity index is 6620. The zero-order valence-electron chi connectivity index (χ0n) is 61.4. The Morgan fingerprint density at radius 3 is 0.972 bits per heavy atom. The molecule has 106 heavy (non-hydrogen) atoms. The van der Waals surface area contributed by atoms with Crippen molar-refractivity contribution in [2.45, 2.75) is 85.5 Å². The zero-order valence-corrected chi connectivity index (χ0v) is 61.4. The van der Waals surface area contributed by atoms with Crippen LogP contribution in [0, 0.1) is 27.7 Å². The van der Waals surface area contributed by atoms with Gasteiger partial charge in [-0.3, -0.25) is 9.13 Å². The molecule has 0 aliphatic heterocycles. The van der Waals surface area contributed by atoms with Crippen molar-refractivity contribution in [3.05, 3.63) is 341 Å². The summed E-state index contributed by atoms with van der Waals surface area (Å²) in [6.07, 6.45) is 0. The van der Waals surface area contributed by atoms with Crippen LogP contribution in [0.4, 0.5) is 0 Å². The Balaban J connectivity index is 0.703. The van der Waals surface area contributed by atoms with Crippen molar-refractivity contribution in [3.63, 3.8) is 0 Å². The third-order valence-corrected chi connectivity index (χ3v) is 24.8. The molecule has 0 spiro atoms. The van der Waals surface area contributed by atoms with Gasteiger partial charge in [-0.15, -0.1) is 0 Å². The molecule has 21 rings (SSSR count). The normalized spacial score (nSPS) is 14.2. The van der Waals surface area contributed by atoms with Gasteiger partial charge < -0.3 is 4.57 Å². The van der Waals surface area contributed by atoms with Crippen LogP contribution in [0.2, 0.25) is 0 Å². The van der Waals surface area contributed by atoms with E-state index in [0.29, 0.717) is 5.95 Å². The minimum absolute atomic E-state index is 0.0392. The molecule has 5 heteroatoms. The molecule has 0 bridgehead atoms. The fourth-order valence-corrected chi connectivity index (χ4v) is 19.7. The third kappa shape index (κ3) is 8.83. The van der Waals surface area contributed by atoms with Gasteiger partial charge in [-0.2, -0.15) is 4.98 Å². The van der Waals surface area contributed by atoms with Gasteiger partial charge in [0, 0.05) is 65.9 Å². The summed E-state index contributed by atoms with van der Waals surface area (Å²) in [6.45, 7) is 23.3. The summed E-state index contributed by atoms with van der Waals surface area (Å²) in [4.78, 5) is 11.6. The van der Waals surface area contributed by atoms with Gasteiger partial charge in [-0.05, 0) is 258 Å². The summed E-state index contributed by atoms with van der Waals surface area (Å²) in [5.74, 6) is 1.40. The highest BCUT2D eigenvalue weighted by molar-refractivity contribution is 6.13. The molecule has 0 N–H and O–H groups in total. The second kappa shape index (κ2) is 22.3. The van der Waals surface area contributed by atoms with E-state index >= 15 is 0 Å². The van der Waals surface area contributed by atoms with Crippen molar-refractivity contribution in [1.29, 1.82) is 0 Å². The van der Waals surface area contributed by atoms with Crippen LogP contribution in [0.1, 0.15) is 97.2 Å². The molecule has 3 aliphatic carbocycles. The second-order valence-electron chi connectivity index (χ2n) is 31.9. The standard InChI is InChI=1S/C101H77N5/c1-58-47-68(48-59(2)96(58)97-60(3)49-69(50-61(97)4)104-89-32-20-14-26-73(89)79-54-65(38-44-92(79)104)62-35-41-85-76(51-62)70-23-11-17-29-82(70)99(85,5)6)88-57-95(105-90-33-21-15-27-74(90)80-55-66(39-45-93(80)105)63-36-42-86-77(52-63)71-24-12-18-30-83(71)100(86,7)8)103-98(102-88)106-91-34-22-16-28-75(91)81-56-67(40-46-94(81)106)64-37-43-87-78(53-64)72-25-13-19-31-84(72)101(87,9)10/h11-57H,1-10H3. The lowest BCUT2D eigenvalue weighted by Gasteiger charge is -2.21. The number of hydrogen-bond acceptors (Lipinski definition) is 2. The first kappa shape index (κ1) is 62.2. The summed E-state index contributed by atoms with van der Waals surface area (Å²) in [5.41, 5.74) is 40.2. The molecule has 506 valence electrons. The summed E-state index contributed by atoms with van der Waals surface area (Å²) in [6, 6.07) is 107. The van der Waals surface area contributed by atoms with E-state index in [2.05, 4.69) is 368 Å². The van der Waals surface area contributed by atoms with Crippen LogP contribution in [0.5, 0.6) is 0 Å². The van der Waals surface area contributed by atoms with E-state index in [1.54, 1.807) is 0 Å². The summed E-state index contributed by atoms with van der Waals surface area (Å²) in [7, 11) is 0. The van der Waals surface area contributed by atoms with Gasteiger partial charge in [0.15, 0.2) is 0 Å². The molecule has 0 unspecified atom stereocenters. The molecule has 14 aromatic carbocycles. The second-order valence-corrected chi connectivity index (χ2v) is 31.9. The Morgan fingerprint density at radius 1 is 0.236 bits per heavy atom. The van der Waals surface area contributed by atoms with E-state index in [9.17, 15) is 0 Å². The van der Waals surface area contributed by atoms with Crippen LogP contribution >= 0.6 is 0 Å². The summed E-state index contributed by atoms with van der Waals surface area (Å²) >= 11 is 0. The molecule has 0 saturated carbocycles. The Kier molecular flexibility index (Phi) is 13.1. The highest BCUT2D eigenvalue weighted by Crippen LogP contribution is 2.54. The molecule has 18 aromatic rings. The molecule has 3 aliphatic rings. The molecule has 5 nitrogen and oxygen atoms in total. The van der Waals surface area contributed by atoms with Crippen molar-refractivity contribution in [1.82, 2.24) is 23.7 Å². The number of fused-ring (bicyclic) bond motifs is 18. The van der Waals surface area contributed by atoms with E-state index < -0.39 is 0 Å². The molecule has 0 atom stereocenters. The van der Waals surface area contributed by atoms with Crippen LogP contribution in [0.25, 0.3) is 172 Å². The fraction of sp³-hybridized carbons (Fsp3) is 0.129. The minimum atomic E-state index is -0.0733. The molecule has 0 saturated heterocycles. The van der Waals surface area contributed by atoms with Gasteiger partial charge in [-0.25, -0.2) is 4.98 Å². The lowest BCUT2D eigenvalue weighted by molar-refractivity contribution is 0.660. The molecule has 4 aromatic heterocycles. The maximum absolute atomic E-state index is 5.81. The molecule has 4 heterocycles. The van der Waals surface area contributed by atoms with Crippen LogP contribution in [-0.4, -0.2) is 23.7 Å². The van der Waals surface area contributed by atoms with E-state index in [0.717, 1.165) is 55.6 Å². The van der Waals surface area contributed by atoms with Crippen molar-refractivity contribution in [2.24, 2.45) is 0 Å². The third-order valence-electron chi connectivity index (χ3n) is 24.8. The van der Waals surface area contributed by atoms with Crippen LogP contribution < -0.4 is 0 Å². The Hall–Kier alpha value is -12.4. The molecular weight excluding hydrogens is 1280 g/mol. The van der Waals surface area contributed by atoms with Crippen molar-refractivity contribution in [3.8, 4) is 107 Å². The number of nitrogens with zero attached hydrogens (tertiary/aromatic N) is 5. The Labute approximate surface area is 618 Å². The lowest BCUT2D eigenvalue weighted by Crippen LogP contribution is -2.14. The fourth-order valence-electron chi connectivity index (χ4n) is 19.7. The number of benzene rings is 14. The maximum atomic E-state index is 5.81. The molecule has 0 amide bonds. The number of rotatable bonds is 8. The summed E-state index contributed by atoms with van der Waals surface area (Å²) < 4.78 is 7.14. The van der Waals surface area contributed by atoms with Crippen molar-refractivity contribution >= 4 is 65.4 Å². The average molecular weight is 1360 g/mol. The highest BCUT2D eigenvalue weighted by Gasteiger charge is 2.38. The van der Waals surface area contributed by atoms with E-state index in [-0.39, 0.29) is 16.2 Å². The Morgan fingerprint density at radius 2 is 0.547 bits per heavy atom. The first-order chi connectivity index (χ1) is 51.5.